The largest absolute Gasteiger partial charge is 0.404 e. The van der Waals surface area contributed by atoms with Gasteiger partial charge < -0.3 is 4.39 Å². The van der Waals surface area contributed by atoms with Crippen molar-refractivity contribution in [1.29, 1.82) is 0 Å². The smallest absolute Gasteiger partial charge is 0.229 e. The first-order valence-corrected chi connectivity index (χ1v) is 2.91. The quantitative estimate of drug-likeness (QED) is 0.468. The van der Waals surface area contributed by atoms with Crippen molar-refractivity contribution >= 4 is 16.3 Å². The number of carbonyl (C=O) groups is 1. The van der Waals surface area contributed by atoms with Gasteiger partial charge in [-0.15, -0.1) is 3.89 Å². The zero-order chi connectivity index (χ0) is 7.65. The minimum absolute atomic E-state index is 0. The second-order valence-corrected chi connectivity index (χ2v) is 2.22. The average Bonchev–Trinajstić information content (AvgIpc) is 1.62. The number of hydrogen-bond acceptors (Lipinski definition) is 3. The third-order valence-electron chi connectivity index (χ3n) is 0.369. The molecule has 0 rings (SSSR count). The van der Waals surface area contributed by atoms with Crippen LogP contribution in [0.25, 0.3) is 0 Å². The van der Waals surface area contributed by atoms with Crippen molar-refractivity contribution in [2.24, 2.45) is 0 Å². The average molecular weight is 428 g/mol. The van der Waals surface area contributed by atoms with E-state index >= 15 is 0 Å². The number of hydrogen-bond donors (Lipinski definition) is 0. The van der Waals surface area contributed by atoms with Crippen molar-refractivity contribution in [3.05, 3.63) is 5.50 Å². The van der Waals surface area contributed by atoms with Crippen LogP contribution in [0.3, 0.4) is 0 Å². The molecule has 0 bridgehead atoms. The van der Waals surface area contributed by atoms with Gasteiger partial charge in [0.15, 0.2) is 0 Å². The van der Waals surface area contributed by atoms with E-state index < -0.39 is 21.8 Å². The van der Waals surface area contributed by atoms with Crippen molar-refractivity contribution in [1.82, 2.24) is 0 Å². The van der Waals surface area contributed by atoms with Crippen LogP contribution in [0.5, 0.6) is 0 Å². The molecule has 0 aliphatic rings. The third-order valence-corrected chi connectivity index (χ3v) is 0.957. The summed E-state index contributed by atoms with van der Waals surface area (Å²) in [5, 5.41) is 0. The van der Waals surface area contributed by atoms with Crippen molar-refractivity contribution in [3.63, 3.8) is 0 Å². The van der Waals surface area contributed by atoms with Crippen LogP contribution in [-0.2, 0) is 15.0 Å². The first kappa shape index (κ1) is 11.1. The van der Waals surface area contributed by atoms with Gasteiger partial charge in [0.2, 0.25) is 16.3 Å². The Morgan fingerprint density at radius 3 is 1.70 bits per heavy atom. The molecule has 0 aliphatic carbocycles. The van der Waals surface area contributed by atoms with Crippen LogP contribution in [0.4, 0.5) is 12.7 Å². The summed E-state index contributed by atoms with van der Waals surface area (Å²) in [6.07, 6.45) is 0. The Hall–Kier alpha value is -1.72. The molecule has 0 saturated carbocycles. The van der Waals surface area contributed by atoms with Gasteiger partial charge >= 0.3 is 0 Å². The van der Waals surface area contributed by atoms with Crippen molar-refractivity contribution in [2.45, 2.75) is 0 Å². The molecular formula is C2F3O3RfS-. The SMILES string of the molecule is O=C(F)[C-](F)S(=O)(=O)F.[Rf]. The summed E-state index contributed by atoms with van der Waals surface area (Å²) in [6, 6.07) is -2.93. The van der Waals surface area contributed by atoms with Gasteiger partial charge in [0, 0.05) is 5.50 Å². The van der Waals surface area contributed by atoms with Crippen LogP contribution in [0, 0.1) is 5.50 Å². The monoisotopic (exact) mass is 428 g/mol. The molecule has 0 amide bonds. The van der Waals surface area contributed by atoms with Crippen LogP contribution < -0.4 is 0 Å². The fourth-order valence-corrected chi connectivity index (χ4v) is 0.288. The van der Waals surface area contributed by atoms with Gasteiger partial charge in [-0.25, -0.2) is 8.42 Å². The summed E-state index contributed by atoms with van der Waals surface area (Å²) >= 11 is 0. The molecule has 3 nitrogen and oxygen atoms in total. The Morgan fingerprint density at radius 2 is 1.70 bits per heavy atom. The van der Waals surface area contributed by atoms with E-state index in [-0.39, 0.29) is 0 Å². The van der Waals surface area contributed by atoms with Crippen LogP contribution in [0.2, 0.25) is 0 Å². The van der Waals surface area contributed by atoms with E-state index in [2.05, 4.69) is 0 Å². The Bertz CT molecular complexity index is 212. The Balaban J connectivity index is 0. The van der Waals surface area contributed by atoms with Crippen molar-refractivity contribution < 1.29 is 25.9 Å². The molecule has 0 atom stereocenters. The maximum atomic E-state index is 11.3. The molecule has 0 unspecified atom stereocenters. The normalized spacial score (nSPS) is 9.90. The molecule has 0 heterocycles. The van der Waals surface area contributed by atoms with E-state index in [1.54, 1.807) is 0 Å². The van der Waals surface area contributed by atoms with Gasteiger partial charge in [-0.05, 0) is 0 Å². The summed E-state index contributed by atoms with van der Waals surface area (Å²) < 4.78 is 51.8. The van der Waals surface area contributed by atoms with Crippen LogP contribution >= 0.6 is 0 Å². The Labute approximate surface area is 48.7 Å². The molecule has 0 aromatic heterocycles. The van der Waals surface area contributed by atoms with Crippen molar-refractivity contribution in [3.8, 4) is 0 Å². The Kier molecular flexibility index (Phi) is 3.02. The second-order valence-electron chi connectivity index (χ2n) is 0.985. The zero-order valence-corrected chi connectivity index (χ0v) is 11.7. The number of halogens is 3. The van der Waals surface area contributed by atoms with Crippen LogP contribution in [0.1, 0.15) is 0 Å². The predicted octanol–water partition coefficient (Wildman–Crippen LogP) is 0.241. The van der Waals surface area contributed by atoms with E-state index in [1.807, 2.05) is 0 Å². The molecule has 10 heavy (non-hydrogen) atoms. The molecule has 0 radical (unpaired) electrons. The zero-order valence-electron chi connectivity index (χ0n) is 4.47. The molecule has 0 aliphatic heterocycles. The van der Waals surface area contributed by atoms with Gasteiger partial charge in [0.25, 0.3) is 0 Å². The fraction of sp³-hybridized carbons (Fsp3) is 0. The van der Waals surface area contributed by atoms with Gasteiger partial charge in [-0.1, -0.05) is 0 Å². The first-order valence-electron chi connectivity index (χ1n) is 1.52. The minimum atomic E-state index is -5.78. The summed E-state index contributed by atoms with van der Waals surface area (Å²) in [7, 11) is -5.78. The molecule has 0 N–H and O–H groups in total. The van der Waals surface area contributed by atoms with Crippen molar-refractivity contribution in [2.75, 3.05) is 0 Å². The maximum Gasteiger partial charge on any atom is 0.229 e. The molecule has 0 aromatic rings. The van der Waals surface area contributed by atoms with Crippen LogP contribution in [0.15, 0.2) is 0 Å². The summed E-state index contributed by atoms with van der Waals surface area (Å²) in [5.41, 5.74) is -2.91. The standard InChI is InChI=1S/C2F3O3S.Rf/c3-1(6)2(4)9(5,7)8;/q-1;. The second kappa shape index (κ2) is 2.72. The van der Waals surface area contributed by atoms with E-state index in [9.17, 15) is 21.1 Å². The molecule has 8 heteroatoms. The molecule has 0 spiro atoms. The predicted molar refractivity (Wildman–Crippen MR) is 20.5 cm³/mol. The fourth-order valence-electron chi connectivity index (χ4n) is 0.0958. The molecule has 0 aromatic carbocycles. The molecule has 0 fully saturated rings. The minimum Gasteiger partial charge on any atom is -0.404 e. The van der Waals surface area contributed by atoms with Gasteiger partial charge in [-0.2, -0.15) is 4.39 Å². The molecule has 0 saturated heterocycles. The number of rotatable bonds is 2. The van der Waals surface area contributed by atoms with E-state index in [0.717, 1.165) is 0 Å². The van der Waals surface area contributed by atoms with E-state index in [1.165, 1.54) is 0 Å². The summed E-state index contributed by atoms with van der Waals surface area (Å²) in [6.45, 7) is 0. The molecular weight excluding hydrogens is 428 g/mol. The van der Waals surface area contributed by atoms with E-state index in [4.69, 9.17) is 4.79 Å². The van der Waals surface area contributed by atoms with Gasteiger partial charge in [0.1, 0.15) is 0 Å². The summed E-state index contributed by atoms with van der Waals surface area (Å²) in [4.78, 5) is 9.09. The molecule has 56 valence electrons. The topological polar surface area (TPSA) is 51.2 Å². The maximum absolute atomic E-state index is 11.3. The van der Waals surface area contributed by atoms with Gasteiger partial charge in [0.05, 0.1) is 0 Å². The van der Waals surface area contributed by atoms with E-state index in [0.29, 0.717) is 0 Å². The van der Waals surface area contributed by atoms with Gasteiger partial charge in [-0.3, -0.25) is 4.79 Å². The summed E-state index contributed by atoms with van der Waals surface area (Å²) in [5.74, 6) is 0. The van der Waals surface area contributed by atoms with Crippen LogP contribution in [-0.4, -0.2) is 14.5 Å². The first-order chi connectivity index (χ1) is 3.85. The Morgan fingerprint density at radius 1 is 1.40 bits per heavy atom. The number of carbonyl (C=O) groups excluding carboxylic acids is 1. The third kappa shape index (κ3) is 2.55.